The zero-order valence-electron chi connectivity index (χ0n) is 31.6. The fraction of sp³-hybridized carbons (Fsp3) is 0.0952. The quantitative estimate of drug-likeness (QED) is 0.0865. The van der Waals surface area contributed by atoms with Gasteiger partial charge in [0.1, 0.15) is 34.4 Å². The number of hydrogen-bond donors (Lipinski definition) is 0. The van der Waals surface area contributed by atoms with Crippen molar-refractivity contribution >= 4 is 79.5 Å². The molecule has 0 saturated carbocycles. The van der Waals surface area contributed by atoms with E-state index in [1.807, 2.05) is 13.8 Å². The van der Waals surface area contributed by atoms with E-state index in [9.17, 15) is 72.0 Å². The van der Waals surface area contributed by atoms with E-state index in [-0.39, 0.29) is 0 Å². The molecule has 0 saturated heterocycles. The minimum atomic E-state index is -5.86. The van der Waals surface area contributed by atoms with E-state index in [0.717, 1.165) is 54.9 Å². The molecular formula is C42H14F16N2S5. The second-order valence-corrected chi connectivity index (χ2v) is 18.6. The summed E-state index contributed by atoms with van der Waals surface area (Å²) >= 11 is 5.16. The Hall–Kier alpha value is -5.72. The highest BCUT2D eigenvalue weighted by atomic mass is 32.1. The fourth-order valence-electron chi connectivity index (χ4n) is 6.30. The van der Waals surface area contributed by atoms with Crippen LogP contribution in [0.4, 0.5) is 70.2 Å². The van der Waals surface area contributed by atoms with Crippen LogP contribution in [-0.4, -0.2) is 0 Å². The standard InChI is InChI=1S/C42H14F16N2S5/c1-13-14(2)40(24-10-6-20(64-24)18-4-8-22(62-18)30(44)16(12-60)26-33(47)37(51)28(42(56,57)58)38(52)34(26)48)65-39(13)23-9-5-19(63-23)17-3-7-21(61-17)29(43)15(11-59)25-31(45)35(49)27(41(53,54)55)36(50)32(25)46/h3-10H,1-2H3/b29-15-,30-16-. The highest BCUT2D eigenvalue weighted by Crippen LogP contribution is 2.50. The minimum Gasteiger partial charge on any atom is -0.204 e. The number of nitrogens with zero attached hydrogens (tertiary/aromatic N) is 2. The van der Waals surface area contributed by atoms with E-state index in [2.05, 4.69) is 0 Å². The van der Waals surface area contributed by atoms with Crippen LogP contribution >= 0.6 is 56.7 Å². The van der Waals surface area contributed by atoms with Gasteiger partial charge in [-0.2, -0.15) is 36.9 Å². The van der Waals surface area contributed by atoms with E-state index < -0.39 is 114 Å². The molecule has 0 aliphatic carbocycles. The van der Waals surface area contributed by atoms with Crippen molar-refractivity contribution in [1.29, 1.82) is 10.5 Å². The molecule has 0 unspecified atom stereocenters. The monoisotopic (exact) mass is 1010 g/mol. The maximum atomic E-state index is 15.6. The van der Waals surface area contributed by atoms with Gasteiger partial charge in [0.05, 0.1) is 20.9 Å². The van der Waals surface area contributed by atoms with Gasteiger partial charge in [-0.15, -0.1) is 56.7 Å². The third-order valence-corrected chi connectivity index (χ3v) is 16.0. The Bertz CT molecular complexity index is 2980. The topological polar surface area (TPSA) is 47.6 Å². The lowest BCUT2D eigenvalue weighted by atomic mass is 10.00. The molecule has 65 heavy (non-hydrogen) atoms. The summed E-state index contributed by atoms with van der Waals surface area (Å²) in [5.41, 5.74) is -11.2. The molecule has 0 fully saturated rings. The van der Waals surface area contributed by atoms with Crippen molar-refractivity contribution in [3.63, 3.8) is 0 Å². The van der Waals surface area contributed by atoms with Crippen molar-refractivity contribution in [1.82, 2.24) is 0 Å². The van der Waals surface area contributed by atoms with E-state index in [1.54, 1.807) is 24.3 Å². The van der Waals surface area contributed by atoms with Crippen LogP contribution < -0.4 is 0 Å². The van der Waals surface area contributed by atoms with Crippen LogP contribution in [0.5, 0.6) is 0 Å². The first kappa shape index (κ1) is 47.2. The van der Waals surface area contributed by atoms with E-state index in [4.69, 9.17) is 0 Å². The molecule has 0 atom stereocenters. The lowest BCUT2D eigenvalue weighted by Gasteiger charge is -2.14. The Balaban J connectivity index is 1.16. The molecule has 0 radical (unpaired) electrons. The van der Waals surface area contributed by atoms with Crippen molar-refractivity contribution in [2.45, 2.75) is 26.2 Å². The Morgan fingerprint density at radius 2 is 0.692 bits per heavy atom. The highest BCUT2D eigenvalue weighted by Gasteiger charge is 2.44. The van der Waals surface area contributed by atoms with Crippen molar-refractivity contribution in [3.8, 4) is 51.2 Å². The number of benzene rings is 2. The summed E-state index contributed by atoms with van der Waals surface area (Å²) in [4.78, 5) is 3.92. The average Bonchev–Trinajstić information content (AvgIpc) is 4.10. The van der Waals surface area contributed by atoms with Gasteiger partial charge < -0.3 is 0 Å². The Morgan fingerprint density at radius 1 is 0.415 bits per heavy atom. The first-order valence-electron chi connectivity index (χ1n) is 17.4. The summed E-state index contributed by atoms with van der Waals surface area (Å²) in [7, 11) is 0. The SMILES string of the molecule is Cc1c(-c2ccc(-c3ccc(/C(F)=C(\C#N)c4c(F)c(F)c(C(F)(F)F)c(F)c4F)s3)s2)sc(-c2ccc(-c3ccc(/C(F)=C(\C#N)c4c(F)c(F)c(C(F)(F)F)c(F)c4F)s3)s2)c1C. The first-order chi connectivity index (χ1) is 30.4. The smallest absolute Gasteiger partial charge is 0.204 e. The van der Waals surface area contributed by atoms with Gasteiger partial charge in [0.2, 0.25) is 0 Å². The van der Waals surface area contributed by atoms with Crippen LogP contribution in [0.2, 0.25) is 0 Å². The van der Waals surface area contributed by atoms with Gasteiger partial charge >= 0.3 is 12.4 Å². The summed E-state index contributed by atoms with van der Waals surface area (Å²) in [6.07, 6.45) is -11.7. The van der Waals surface area contributed by atoms with Gasteiger partial charge in [-0.1, -0.05) is 0 Å². The number of alkyl halides is 6. The van der Waals surface area contributed by atoms with Crippen LogP contribution in [0.3, 0.4) is 0 Å². The van der Waals surface area contributed by atoms with E-state index >= 15 is 8.78 Å². The number of thiophene rings is 5. The minimum absolute atomic E-state index is 0.362. The number of rotatable bonds is 8. The lowest BCUT2D eigenvalue weighted by Crippen LogP contribution is -2.17. The number of hydrogen-bond acceptors (Lipinski definition) is 7. The van der Waals surface area contributed by atoms with Gasteiger partial charge in [0.15, 0.2) is 58.2 Å². The lowest BCUT2D eigenvalue weighted by molar-refractivity contribution is -0.144. The van der Waals surface area contributed by atoms with Crippen LogP contribution in [-0.2, 0) is 12.4 Å². The number of halogens is 16. The molecule has 2 aromatic carbocycles. The van der Waals surface area contributed by atoms with E-state index in [0.29, 0.717) is 42.2 Å². The van der Waals surface area contributed by atoms with Gasteiger partial charge in [-0.05, 0) is 73.5 Å². The first-order valence-corrected chi connectivity index (χ1v) is 21.5. The van der Waals surface area contributed by atoms with Crippen LogP contribution in [0.1, 0.15) is 43.1 Å². The predicted molar refractivity (Wildman–Crippen MR) is 217 cm³/mol. The van der Waals surface area contributed by atoms with Gasteiger partial charge in [-0.3, -0.25) is 0 Å². The van der Waals surface area contributed by atoms with Crippen LogP contribution in [0.15, 0.2) is 48.5 Å². The third-order valence-electron chi connectivity index (χ3n) is 9.49. The van der Waals surface area contributed by atoms with Crippen molar-refractivity contribution in [2.24, 2.45) is 0 Å². The Morgan fingerprint density at radius 3 is 0.985 bits per heavy atom. The predicted octanol–water partition coefficient (Wildman–Crippen LogP) is 17.2. The molecule has 334 valence electrons. The largest absolute Gasteiger partial charge is 0.422 e. The van der Waals surface area contributed by atoms with Gasteiger partial charge in [-0.25, -0.2) is 43.9 Å². The Kier molecular flexibility index (Phi) is 12.5. The maximum Gasteiger partial charge on any atom is 0.422 e. The summed E-state index contributed by atoms with van der Waals surface area (Å²) in [6, 6.07) is 13.9. The molecule has 0 bridgehead atoms. The molecule has 7 aromatic rings. The molecule has 2 nitrogen and oxygen atoms in total. The zero-order valence-corrected chi connectivity index (χ0v) is 35.7. The second kappa shape index (κ2) is 17.3. The Labute approximate surface area is 374 Å². The summed E-state index contributed by atoms with van der Waals surface area (Å²) < 4.78 is 226. The van der Waals surface area contributed by atoms with Crippen molar-refractivity contribution < 1.29 is 70.2 Å². The summed E-state index contributed by atoms with van der Waals surface area (Å²) in [5, 5.41) is 19.0. The molecule has 0 spiro atoms. The molecule has 0 N–H and O–H groups in total. The van der Waals surface area contributed by atoms with Gasteiger partial charge in [0, 0.05) is 39.0 Å². The molecule has 0 aliphatic rings. The molecule has 23 heteroatoms. The van der Waals surface area contributed by atoms with Crippen molar-refractivity contribution in [2.75, 3.05) is 0 Å². The molecule has 7 rings (SSSR count). The zero-order chi connectivity index (χ0) is 47.8. The number of allylic oxidation sites excluding steroid dienone is 2. The van der Waals surface area contributed by atoms with Gasteiger partial charge in [0.25, 0.3) is 0 Å². The molecular weight excluding hydrogens is 997 g/mol. The maximum absolute atomic E-state index is 15.6. The highest BCUT2D eigenvalue weighted by molar-refractivity contribution is 7.30. The normalized spacial score (nSPS) is 12.9. The summed E-state index contributed by atoms with van der Waals surface area (Å²) in [6.45, 7) is 3.67. The van der Waals surface area contributed by atoms with Crippen molar-refractivity contribution in [3.05, 3.63) is 138 Å². The fourth-order valence-corrected chi connectivity index (χ4v) is 12.0. The van der Waals surface area contributed by atoms with E-state index in [1.165, 1.54) is 46.1 Å². The van der Waals surface area contributed by atoms with Crippen LogP contribution in [0, 0.1) is 83.0 Å². The summed E-state index contributed by atoms with van der Waals surface area (Å²) in [5.74, 6) is -25.2. The molecule has 5 heterocycles. The molecule has 0 amide bonds. The number of nitriles is 2. The second-order valence-electron chi connectivity index (χ2n) is 13.3. The average molecular weight is 1010 g/mol. The van der Waals surface area contributed by atoms with Crippen LogP contribution in [0.25, 0.3) is 61.8 Å². The molecule has 5 aromatic heterocycles. The third kappa shape index (κ3) is 8.17. The molecule has 0 aliphatic heterocycles.